The van der Waals surface area contributed by atoms with E-state index in [1.807, 2.05) is 6.92 Å². The Kier molecular flexibility index (Phi) is 7.58. The largest absolute Gasteiger partial charge is 0.393 e. The van der Waals surface area contributed by atoms with Gasteiger partial charge in [-0.05, 0) is 61.2 Å². The molecule has 3 heteroatoms. The normalized spacial score (nSPS) is 36.9. The summed E-state index contributed by atoms with van der Waals surface area (Å²) < 4.78 is 5.97. The highest BCUT2D eigenvalue weighted by Crippen LogP contribution is 2.68. The number of rotatable bonds is 5. The summed E-state index contributed by atoms with van der Waals surface area (Å²) in [5, 5.41) is 9.23. The summed E-state index contributed by atoms with van der Waals surface area (Å²) in [4.78, 5) is 11.3. The molecule has 0 aromatic heterocycles. The molecule has 0 aromatic rings. The van der Waals surface area contributed by atoms with Crippen molar-refractivity contribution in [2.75, 3.05) is 6.61 Å². The number of ketones is 1. The molecule has 0 aromatic carbocycles. The standard InChI is InChI=1S/C14H28O2.C10H16O/c1-11(15)9-10-16-13-8-6-5-7-12(13)14(2,3)4;1-6(2)10-4-8(10)7(3)9(11)5-10/h11-13,15H,5-10H2,1-4H3;6-8H,4-5H2,1-3H3/t;7-,8-,10+/m.1/s1. The molecule has 3 saturated carbocycles. The number of aliphatic hydroxyl groups is 1. The molecule has 1 N–H and O–H groups in total. The molecule has 6 atom stereocenters. The summed E-state index contributed by atoms with van der Waals surface area (Å²) in [6, 6.07) is 0. The van der Waals surface area contributed by atoms with Gasteiger partial charge in [0.15, 0.2) is 0 Å². The summed E-state index contributed by atoms with van der Waals surface area (Å²) in [5.41, 5.74) is 0.798. The first-order valence-electron chi connectivity index (χ1n) is 11.3. The first-order valence-corrected chi connectivity index (χ1v) is 11.3. The van der Waals surface area contributed by atoms with Crippen LogP contribution in [0.25, 0.3) is 0 Å². The van der Waals surface area contributed by atoms with Gasteiger partial charge in [0, 0.05) is 18.9 Å². The molecular weight excluding hydrogens is 336 g/mol. The predicted molar refractivity (Wildman–Crippen MR) is 112 cm³/mol. The maximum atomic E-state index is 11.3. The van der Waals surface area contributed by atoms with E-state index in [4.69, 9.17) is 4.74 Å². The molecule has 3 fully saturated rings. The summed E-state index contributed by atoms with van der Waals surface area (Å²) in [6.45, 7) is 16.1. The zero-order chi connectivity index (χ0) is 20.4. The summed E-state index contributed by atoms with van der Waals surface area (Å²) in [6.07, 6.45) is 8.25. The number of Topliss-reactive ketones (excluding diaryl/α,β-unsaturated/α-hetero) is 1. The van der Waals surface area contributed by atoms with Crippen LogP contribution in [0.4, 0.5) is 0 Å². The fraction of sp³-hybridized carbons (Fsp3) is 0.958. The van der Waals surface area contributed by atoms with E-state index in [2.05, 4.69) is 41.5 Å². The minimum Gasteiger partial charge on any atom is -0.393 e. The minimum atomic E-state index is -0.239. The quantitative estimate of drug-likeness (QED) is 0.671. The molecule has 3 rings (SSSR count). The van der Waals surface area contributed by atoms with Crippen LogP contribution in [-0.4, -0.2) is 29.7 Å². The molecule has 0 bridgehead atoms. The SMILES string of the molecule is CC(C)[C@]12CC(=O)[C@H](C)[C@H]1C2.CC(O)CCOC1CCCCC1C(C)(C)C. The molecule has 0 amide bonds. The highest BCUT2D eigenvalue weighted by Gasteiger charge is 2.64. The fourth-order valence-corrected chi connectivity index (χ4v) is 5.48. The monoisotopic (exact) mass is 380 g/mol. The number of fused-ring (bicyclic) bond motifs is 1. The second kappa shape index (κ2) is 8.95. The van der Waals surface area contributed by atoms with Crippen LogP contribution in [0.2, 0.25) is 0 Å². The van der Waals surface area contributed by atoms with Crippen molar-refractivity contribution in [1.29, 1.82) is 0 Å². The lowest BCUT2D eigenvalue weighted by atomic mass is 9.71. The van der Waals surface area contributed by atoms with Gasteiger partial charge in [-0.3, -0.25) is 4.79 Å². The Morgan fingerprint density at radius 1 is 1.19 bits per heavy atom. The van der Waals surface area contributed by atoms with Gasteiger partial charge in [0.1, 0.15) is 5.78 Å². The lowest BCUT2D eigenvalue weighted by molar-refractivity contribution is -0.121. The van der Waals surface area contributed by atoms with E-state index in [0.717, 1.165) is 18.8 Å². The van der Waals surface area contributed by atoms with Crippen LogP contribution in [0.1, 0.15) is 93.4 Å². The molecule has 0 spiro atoms. The number of ether oxygens (including phenoxy) is 1. The van der Waals surface area contributed by atoms with Crippen molar-refractivity contribution in [3.63, 3.8) is 0 Å². The molecule has 3 nitrogen and oxygen atoms in total. The van der Waals surface area contributed by atoms with Crippen LogP contribution in [0.5, 0.6) is 0 Å². The van der Waals surface area contributed by atoms with Crippen molar-refractivity contribution >= 4 is 5.78 Å². The Hall–Kier alpha value is -0.410. The van der Waals surface area contributed by atoms with Gasteiger partial charge in [-0.15, -0.1) is 0 Å². The molecular formula is C24H44O3. The Morgan fingerprint density at radius 2 is 1.81 bits per heavy atom. The van der Waals surface area contributed by atoms with Crippen molar-refractivity contribution in [3.8, 4) is 0 Å². The van der Waals surface area contributed by atoms with Crippen molar-refractivity contribution in [2.45, 2.75) is 106 Å². The average Bonchev–Trinajstić information content (AvgIpc) is 3.23. The maximum absolute atomic E-state index is 11.3. The molecule has 0 aliphatic heterocycles. The third-order valence-corrected chi connectivity index (χ3v) is 7.63. The Bertz CT molecular complexity index is 490. The Labute approximate surface area is 167 Å². The number of carbonyl (C=O) groups is 1. The first-order chi connectivity index (χ1) is 12.5. The van der Waals surface area contributed by atoms with Crippen LogP contribution >= 0.6 is 0 Å². The van der Waals surface area contributed by atoms with Crippen molar-refractivity contribution < 1.29 is 14.6 Å². The third kappa shape index (κ3) is 5.56. The molecule has 0 saturated heterocycles. The predicted octanol–water partition coefficient (Wildman–Crippen LogP) is 5.64. The molecule has 3 unspecified atom stereocenters. The second-order valence-corrected chi connectivity index (χ2v) is 10.9. The lowest BCUT2D eigenvalue weighted by Crippen LogP contribution is -2.37. The van der Waals surface area contributed by atoms with E-state index >= 15 is 0 Å². The van der Waals surface area contributed by atoms with Gasteiger partial charge in [0.25, 0.3) is 0 Å². The molecule has 0 radical (unpaired) electrons. The van der Waals surface area contributed by atoms with E-state index in [1.165, 1.54) is 32.1 Å². The molecule has 3 aliphatic rings. The summed E-state index contributed by atoms with van der Waals surface area (Å²) in [5.74, 6) is 3.01. The van der Waals surface area contributed by atoms with Crippen LogP contribution in [0, 0.1) is 34.5 Å². The number of carbonyl (C=O) groups excluding carboxylic acids is 1. The highest BCUT2D eigenvalue weighted by atomic mass is 16.5. The van der Waals surface area contributed by atoms with Crippen molar-refractivity contribution in [3.05, 3.63) is 0 Å². The number of hydrogen-bond acceptors (Lipinski definition) is 3. The van der Waals surface area contributed by atoms with Crippen LogP contribution in [-0.2, 0) is 9.53 Å². The van der Waals surface area contributed by atoms with Gasteiger partial charge < -0.3 is 9.84 Å². The van der Waals surface area contributed by atoms with Gasteiger partial charge >= 0.3 is 0 Å². The number of hydrogen-bond donors (Lipinski definition) is 1. The van der Waals surface area contributed by atoms with E-state index in [-0.39, 0.29) is 6.10 Å². The molecule has 0 heterocycles. The van der Waals surface area contributed by atoms with Crippen molar-refractivity contribution in [1.82, 2.24) is 0 Å². The van der Waals surface area contributed by atoms with Gasteiger partial charge in [-0.25, -0.2) is 0 Å². The molecule has 158 valence electrons. The zero-order valence-electron chi connectivity index (χ0n) is 18.9. The number of aliphatic hydroxyl groups excluding tert-OH is 1. The van der Waals surface area contributed by atoms with Crippen LogP contribution in [0.3, 0.4) is 0 Å². The van der Waals surface area contributed by atoms with E-state index < -0.39 is 0 Å². The van der Waals surface area contributed by atoms with E-state index in [1.54, 1.807) is 0 Å². The summed E-state index contributed by atoms with van der Waals surface area (Å²) >= 11 is 0. The van der Waals surface area contributed by atoms with Gasteiger partial charge in [0.05, 0.1) is 12.2 Å². The van der Waals surface area contributed by atoms with Crippen LogP contribution < -0.4 is 0 Å². The fourth-order valence-electron chi connectivity index (χ4n) is 5.48. The molecule has 3 aliphatic carbocycles. The van der Waals surface area contributed by atoms with Crippen LogP contribution in [0.15, 0.2) is 0 Å². The van der Waals surface area contributed by atoms with E-state index in [9.17, 15) is 9.90 Å². The Balaban J connectivity index is 0.000000206. The maximum Gasteiger partial charge on any atom is 0.136 e. The summed E-state index contributed by atoms with van der Waals surface area (Å²) in [7, 11) is 0. The van der Waals surface area contributed by atoms with Gasteiger partial charge in [-0.2, -0.15) is 0 Å². The topological polar surface area (TPSA) is 46.5 Å². The average molecular weight is 381 g/mol. The first kappa shape index (κ1) is 22.9. The van der Waals surface area contributed by atoms with E-state index in [0.29, 0.717) is 47.1 Å². The second-order valence-electron chi connectivity index (χ2n) is 10.9. The highest BCUT2D eigenvalue weighted by molar-refractivity contribution is 5.86. The Morgan fingerprint density at radius 3 is 2.26 bits per heavy atom. The smallest absolute Gasteiger partial charge is 0.136 e. The lowest BCUT2D eigenvalue weighted by Gasteiger charge is -2.40. The zero-order valence-corrected chi connectivity index (χ0v) is 18.9. The van der Waals surface area contributed by atoms with Gasteiger partial charge in [0.2, 0.25) is 0 Å². The molecule has 27 heavy (non-hydrogen) atoms. The minimum absolute atomic E-state index is 0.239. The van der Waals surface area contributed by atoms with Gasteiger partial charge in [-0.1, -0.05) is 54.4 Å². The third-order valence-electron chi connectivity index (χ3n) is 7.63. The van der Waals surface area contributed by atoms with Crippen molar-refractivity contribution in [2.24, 2.45) is 34.5 Å².